The predicted molar refractivity (Wildman–Crippen MR) is 56.7 cm³/mol. The Morgan fingerprint density at radius 2 is 1.71 bits per heavy atom. The molecule has 3 heteroatoms. The van der Waals surface area contributed by atoms with Crippen molar-refractivity contribution in [1.29, 1.82) is 0 Å². The van der Waals surface area contributed by atoms with Gasteiger partial charge in [-0.3, -0.25) is 4.90 Å². The van der Waals surface area contributed by atoms with Crippen molar-refractivity contribution in [3.05, 3.63) is 29.3 Å². The molecule has 0 fully saturated rings. The van der Waals surface area contributed by atoms with Crippen molar-refractivity contribution in [2.75, 3.05) is 19.1 Å². The fourth-order valence-corrected chi connectivity index (χ4v) is 1.39. The Bertz CT molecular complexity index is 327. The summed E-state index contributed by atoms with van der Waals surface area (Å²) in [6.07, 6.45) is -0.352. The number of hydrogen-bond acceptors (Lipinski definition) is 2. The van der Waals surface area contributed by atoms with Crippen LogP contribution in [0.4, 0.5) is 10.5 Å². The van der Waals surface area contributed by atoms with E-state index in [-0.39, 0.29) is 6.09 Å². The van der Waals surface area contributed by atoms with E-state index in [1.54, 1.807) is 7.05 Å². The lowest BCUT2D eigenvalue weighted by molar-refractivity contribution is 0.180. The lowest BCUT2D eigenvalue weighted by atomic mass is 10.1. The zero-order valence-electron chi connectivity index (χ0n) is 9.00. The zero-order valence-corrected chi connectivity index (χ0v) is 9.00. The number of benzene rings is 1. The van der Waals surface area contributed by atoms with Crippen molar-refractivity contribution in [1.82, 2.24) is 0 Å². The highest BCUT2D eigenvalue weighted by Gasteiger charge is 2.10. The van der Waals surface area contributed by atoms with E-state index in [0.717, 1.165) is 16.8 Å². The molecule has 0 heterocycles. The summed E-state index contributed by atoms with van der Waals surface area (Å²) in [5, 5.41) is 0. The second kappa shape index (κ2) is 4.13. The quantitative estimate of drug-likeness (QED) is 0.685. The fraction of sp³-hybridized carbons (Fsp3) is 0.364. The van der Waals surface area contributed by atoms with Gasteiger partial charge in [-0.1, -0.05) is 6.07 Å². The van der Waals surface area contributed by atoms with Gasteiger partial charge in [0.25, 0.3) is 0 Å². The van der Waals surface area contributed by atoms with Crippen molar-refractivity contribution in [2.24, 2.45) is 0 Å². The molecular weight excluding hydrogens is 178 g/mol. The first-order valence-electron chi connectivity index (χ1n) is 4.44. The van der Waals surface area contributed by atoms with Gasteiger partial charge >= 0.3 is 6.09 Å². The minimum Gasteiger partial charge on any atom is -0.452 e. The van der Waals surface area contributed by atoms with Crippen LogP contribution in [0, 0.1) is 13.8 Å². The number of methoxy groups -OCH3 is 1. The number of aryl methyl sites for hydroxylation is 2. The highest BCUT2D eigenvalue weighted by Crippen LogP contribution is 2.17. The molecule has 0 aliphatic heterocycles. The third-order valence-corrected chi connectivity index (χ3v) is 2.04. The molecule has 1 aromatic rings. The minimum atomic E-state index is -0.352. The van der Waals surface area contributed by atoms with Gasteiger partial charge in [-0.05, 0) is 37.1 Å². The predicted octanol–water partition coefficient (Wildman–Crippen LogP) is 2.51. The van der Waals surface area contributed by atoms with Crippen LogP contribution in [0.25, 0.3) is 0 Å². The second-order valence-electron chi connectivity index (χ2n) is 3.37. The third kappa shape index (κ3) is 2.25. The zero-order chi connectivity index (χ0) is 10.7. The smallest absolute Gasteiger partial charge is 0.413 e. The largest absolute Gasteiger partial charge is 0.452 e. The summed E-state index contributed by atoms with van der Waals surface area (Å²) < 4.78 is 4.63. The number of amides is 1. The summed E-state index contributed by atoms with van der Waals surface area (Å²) in [7, 11) is 3.07. The van der Waals surface area contributed by atoms with Crippen LogP contribution < -0.4 is 4.90 Å². The van der Waals surface area contributed by atoms with Gasteiger partial charge < -0.3 is 4.74 Å². The Morgan fingerprint density at radius 1 is 1.21 bits per heavy atom. The van der Waals surface area contributed by atoms with E-state index in [1.807, 2.05) is 26.0 Å². The Hall–Kier alpha value is -1.51. The standard InChI is InChI=1S/C11H15NO2/c1-8-5-9(2)7-10(6-8)12(3)11(13)14-4/h5-7H,1-4H3. The summed E-state index contributed by atoms with van der Waals surface area (Å²) in [6, 6.07) is 5.96. The van der Waals surface area contributed by atoms with Crippen molar-refractivity contribution < 1.29 is 9.53 Å². The maximum absolute atomic E-state index is 11.2. The molecule has 0 aliphatic rings. The first-order chi connectivity index (χ1) is 6.54. The van der Waals surface area contributed by atoms with Crippen molar-refractivity contribution in [3.63, 3.8) is 0 Å². The molecule has 76 valence electrons. The molecule has 0 saturated carbocycles. The molecule has 0 N–H and O–H groups in total. The number of anilines is 1. The molecule has 1 amide bonds. The second-order valence-corrected chi connectivity index (χ2v) is 3.37. The van der Waals surface area contributed by atoms with Crippen LogP contribution in [0.5, 0.6) is 0 Å². The SMILES string of the molecule is COC(=O)N(C)c1cc(C)cc(C)c1. The Kier molecular flexibility index (Phi) is 3.12. The van der Waals surface area contributed by atoms with E-state index >= 15 is 0 Å². The number of carbonyl (C=O) groups is 1. The monoisotopic (exact) mass is 193 g/mol. The fourth-order valence-electron chi connectivity index (χ4n) is 1.39. The average molecular weight is 193 g/mol. The molecule has 0 atom stereocenters. The van der Waals surface area contributed by atoms with Gasteiger partial charge in [-0.2, -0.15) is 0 Å². The molecule has 0 unspecified atom stereocenters. The molecule has 0 bridgehead atoms. The first kappa shape index (κ1) is 10.6. The number of carbonyl (C=O) groups excluding carboxylic acids is 1. The van der Waals surface area contributed by atoms with Crippen LogP contribution in [0.15, 0.2) is 18.2 Å². The van der Waals surface area contributed by atoms with E-state index in [9.17, 15) is 4.79 Å². The molecule has 0 aromatic heterocycles. The maximum Gasteiger partial charge on any atom is 0.413 e. The highest BCUT2D eigenvalue weighted by molar-refractivity contribution is 5.87. The maximum atomic E-state index is 11.2. The van der Waals surface area contributed by atoms with Gasteiger partial charge in [0, 0.05) is 12.7 Å². The van der Waals surface area contributed by atoms with Gasteiger partial charge in [0.1, 0.15) is 0 Å². The van der Waals surface area contributed by atoms with Gasteiger partial charge in [0.2, 0.25) is 0 Å². The van der Waals surface area contributed by atoms with Crippen LogP contribution in [0.3, 0.4) is 0 Å². The molecule has 3 nitrogen and oxygen atoms in total. The van der Waals surface area contributed by atoms with Crippen LogP contribution in [0.1, 0.15) is 11.1 Å². The van der Waals surface area contributed by atoms with Gasteiger partial charge in [-0.15, -0.1) is 0 Å². The summed E-state index contributed by atoms with van der Waals surface area (Å²) >= 11 is 0. The molecule has 1 aromatic carbocycles. The van der Waals surface area contributed by atoms with E-state index in [0.29, 0.717) is 0 Å². The lowest BCUT2D eigenvalue weighted by Crippen LogP contribution is -2.25. The van der Waals surface area contributed by atoms with Gasteiger partial charge in [-0.25, -0.2) is 4.79 Å². The van der Waals surface area contributed by atoms with Crippen LogP contribution in [-0.4, -0.2) is 20.3 Å². The summed E-state index contributed by atoms with van der Waals surface area (Å²) in [5.41, 5.74) is 3.13. The Balaban J connectivity index is 3.00. The number of hydrogen-bond donors (Lipinski definition) is 0. The average Bonchev–Trinajstić information content (AvgIpc) is 2.14. The van der Waals surface area contributed by atoms with Crippen LogP contribution >= 0.6 is 0 Å². The number of nitrogens with zero attached hydrogens (tertiary/aromatic N) is 1. The summed E-state index contributed by atoms with van der Waals surface area (Å²) in [6.45, 7) is 4.00. The van der Waals surface area contributed by atoms with Crippen molar-refractivity contribution in [3.8, 4) is 0 Å². The topological polar surface area (TPSA) is 29.5 Å². The van der Waals surface area contributed by atoms with Crippen LogP contribution in [-0.2, 0) is 4.74 Å². The van der Waals surface area contributed by atoms with Crippen molar-refractivity contribution in [2.45, 2.75) is 13.8 Å². The number of ether oxygens (including phenoxy) is 1. The molecule has 0 aliphatic carbocycles. The van der Waals surface area contributed by atoms with E-state index in [4.69, 9.17) is 0 Å². The normalized spacial score (nSPS) is 9.71. The molecule has 0 spiro atoms. The third-order valence-electron chi connectivity index (χ3n) is 2.04. The lowest BCUT2D eigenvalue weighted by Gasteiger charge is -2.16. The molecule has 0 radical (unpaired) electrons. The number of rotatable bonds is 1. The van der Waals surface area contributed by atoms with Gasteiger partial charge in [0.05, 0.1) is 7.11 Å². The first-order valence-corrected chi connectivity index (χ1v) is 4.44. The molecule has 14 heavy (non-hydrogen) atoms. The highest BCUT2D eigenvalue weighted by atomic mass is 16.5. The summed E-state index contributed by atoms with van der Waals surface area (Å²) in [5.74, 6) is 0. The summed E-state index contributed by atoms with van der Waals surface area (Å²) in [4.78, 5) is 12.7. The van der Waals surface area contributed by atoms with Gasteiger partial charge in [0.15, 0.2) is 0 Å². The van der Waals surface area contributed by atoms with Crippen molar-refractivity contribution >= 4 is 11.8 Å². The Labute approximate surface area is 84.3 Å². The Morgan fingerprint density at radius 3 is 2.14 bits per heavy atom. The molecule has 1 rings (SSSR count). The van der Waals surface area contributed by atoms with Crippen LogP contribution in [0.2, 0.25) is 0 Å². The van der Waals surface area contributed by atoms with E-state index < -0.39 is 0 Å². The molecule has 0 saturated heterocycles. The van der Waals surface area contributed by atoms with E-state index in [2.05, 4.69) is 10.8 Å². The van der Waals surface area contributed by atoms with E-state index in [1.165, 1.54) is 12.0 Å². The molecular formula is C11H15NO2. The minimum absolute atomic E-state index is 0.352.